The molecular formula is C69H93N5O2S5. The summed E-state index contributed by atoms with van der Waals surface area (Å²) in [5.74, 6) is 1.78. The molecule has 0 fully saturated rings. The van der Waals surface area contributed by atoms with Crippen LogP contribution >= 0.6 is 57.1 Å². The van der Waals surface area contributed by atoms with Gasteiger partial charge in [0, 0.05) is 46.5 Å². The molecule has 0 bridgehead atoms. The van der Waals surface area contributed by atoms with Crippen LogP contribution in [-0.2, 0) is 12.8 Å². The summed E-state index contributed by atoms with van der Waals surface area (Å²) in [6.45, 7) is 17.2. The summed E-state index contributed by atoms with van der Waals surface area (Å²) in [5, 5.41) is 0. The maximum absolute atomic E-state index is 6.84. The third kappa shape index (κ3) is 15.8. The zero-order chi connectivity index (χ0) is 56.3. The minimum atomic E-state index is 0.701. The zero-order valence-electron chi connectivity index (χ0n) is 50.3. The quantitative estimate of drug-likeness (QED) is 0.0359. The van der Waals surface area contributed by atoms with Gasteiger partial charge < -0.3 is 14.0 Å². The van der Waals surface area contributed by atoms with Gasteiger partial charge in [-0.2, -0.15) is 8.75 Å². The molecule has 2 aromatic carbocycles. The highest BCUT2D eigenvalue weighted by Crippen LogP contribution is 2.50. The van der Waals surface area contributed by atoms with Gasteiger partial charge in [0.25, 0.3) is 0 Å². The lowest BCUT2D eigenvalue weighted by Crippen LogP contribution is -2.06. The predicted octanol–water partition coefficient (Wildman–Crippen LogP) is 23.7. The lowest BCUT2D eigenvalue weighted by molar-refractivity contribution is 0.257. The van der Waals surface area contributed by atoms with Gasteiger partial charge in [0.1, 0.15) is 22.1 Å². The SMILES string of the molecule is CCCCCCCCCCCCOc1cc(-n2c3cc(C)sc3c3sc(-c4ccc(-c5c6nsnc6c(-c6ccc(C)s6)c6nc(CCCCCC)c(CCCCCC)nc56)s4)cc32)cc(C)c1OCCCCCCCCCCCC. The fourth-order valence-electron chi connectivity index (χ4n) is 11.8. The van der Waals surface area contributed by atoms with Crippen molar-refractivity contribution in [2.45, 2.75) is 241 Å². The van der Waals surface area contributed by atoms with Crippen molar-refractivity contribution in [3.63, 3.8) is 0 Å². The third-order valence-corrected chi connectivity index (χ3v) is 21.5. The van der Waals surface area contributed by atoms with Crippen LogP contribution in [-0.4, -0.2) is 36.5 Å². The second-order valence-electron chi connectivity index (χ2n) is 23.1. The fraction of sp³-hybridized carbons (Fsp3) is 0.565. The van der Waals surface area contributed by atoms with Crippen LogP contribution in [0.2, 0.25) is 0 Å². The lowest BCUT2D eigenvalue weighted by atomic mass is 9.99. The average molecular weight is 1180 g/mol. The zero-order valence-corrected chi connectivity index (χ0v) is 54.4. The Kier molecular flexibility index (Phi) is 24.0. The van der Waals surface area contributed by atoms with E-state index in [1.54, 1.807) is 0 Å². The number of fused-ring (bicyclic) bond motifs is 5. The first-order valence-electron chi connectivity index (χ1n) is 31.9. The Balaban J connectivity index is 1.03. The van der Waals surface area contributed by atoms with Gasteiger partial charge in [-0.05, 0) is 107 Å². The van der Waals surface area contributed by atoms with Crippen molar-refractivity contribution in [2.24, 2.45) is 0 Å². The van der Waals surface area contributed by atoms with Crippen molar-refractivity contribution in [2.75, 3.05) is 13.2 Å². The first-order valence-corrected chi connectivity index (χ1v) is 35.9. The number of benzene rings is 2. The van der Waals surface area contributed by atoms with E-state index in [1.165, 1.54) is 216 Å². The highest BCUT2D eigenvalue weighted by Gasteiger charge is 2.27. The van der Waals surface area contributed by atoms with Crippen LogP contribution in [0.5, 0.6) is 11.5 Å². The number of aromatic nitrogens is 5. The monoisotopic (exact) mass is 1180 g/mol. The van der Waals surface area contributed by atoms with Gasteiger partial charge in [0.2, 0.25) is 0 Å². The molecule has 0 N–H and O–H groups in total. The Morgan fingerprint density at radius 3 is 1.42 bits per heavy atom. The van der Waals surface area contributed by atoms with E-state index in [2.05, 4.69) is 102 Å². The smallest absolute Gasteiger partial charge is 0.164 e. The molecule has 0 unspecified atom stereocenters. The van der Waals surface area contributed by atoms with Crippen molar-refractivity contribution >= 4 is 99.6 Å². The molecule has 0 atom stereocenters. The summed E-state index contributed by atoms with van der Waals surface area (Å²) < 4.78 is 28.9. The fourth-order valence-corrected chi connectivity index (χ4v) is 16.7. The Labute approximate surface area is 506 Å². The van der Waals surface area contributed by atoms with Gasteiger partial charge in [0.05, 0.1) is 62.5 Å². The molecule has 0 radical (unpaired) electrons. The Bertz CT molecular complexity index is 3370. The predicted molar refractivity (Wildman–Crippen MR) is 357 cm³/mol. The summed E-state index contributed by atoms with van der Waals surface area (Å²) >= 11 is 8.79. The number of unbranched alkanes of at least 4 members (excludes halogenated alkanes) is 24. The molecule has 0 saturated carbocycles. The van der Waals surface area contributed by atoms with Gasteiger partial charge in [-0.1, -0.05) is 182 Å². The average Bonchev–Trinajstić information content (AvgIpc) is 3.32. The van der Waals surface area contributed by atoms with Gasteiger partial charge in [0.15, 0.2) is 11.5 Å². The van der Waals surface area contributed by atoms with Gasteiger partial charge in [-0.15, -0.1) is 45.3 Å². The highest BCUT2D eigenvalue weighted by molar-refractivity contribution is 7.31. The van der Waals surface area contributed by atoms with Crippen molar-refractivity contribution in [3.8, 4) is 47.8 Å². The Hall–Kier alpha value is -4.20. The van der Waals surface area contributed by atoms with Crippen LogP contribution in [0.15, 0.2) is 48.5 Å². The summed E-state index contributed by atoms with van der Waals surface area (Å²) in [7, 11) is 0. The van der Waals surface area contributed by atoms with Gasteiger partial charge >= 0.3 is 0 Å². The normalized spacial score (nSPS) is 12.0. The van der Waals surface area contributed by atoms with Crippen molar-refractivity contribution in [1.82, 2.24) is 23.3 Å². The third-order valence-electron chi connectivity index (χ3n) is 16.3. The first kappa shape index (κ1) is 61.4. The van der Waals surface area contributed by atoms with E-state index in [-0.39, 0.29) is 0 Å². The van der Waals surface area contributed by atoms with Gasteiger partial charge in [-0.3, -0.25) is 0 Å². The highest BCUT2D eigenvalue weighted by atomic mass is 32.1. The molecule has 7 heterocycles. The standard InChI is InChI=1S/C69H93N5O2S5/c1-8-12-16-20-22-24-26-28-30-34-42-75-56-46-51(44-48(5)67(56)76-43-35-31-29-27-25-23-21-17-13-9-2)74-54-45-50(7)78-68(54)69-55(74)47-60(80-69)57-40-41-59(79-57)62-64-63(61(58-39-38-49(6)77-58)65-66(62)73-81-72-65)70-52(36-32-18-14-10-3)53(71-64)37-33-19-15-11-4/h38-41,44-47H,8-37,42-43H2,1-7H3. The summed E-state index contributed by atoms with van der Waals surface area (Å²) in [6, 6.07) is 18.5. The second kappa shape index (κ2) is 31.6. The van der Waals surface area contributed by atoms with E-state index < -0.39 is 0 Å². The number of ether oxygens (including phenoxy) is 2. The molecule has 0 amide bonds. The number of thiophene rings is 4. The van der Waals surface area contributed by atoms with Crippen LogP contribution in [0.3, 0.4) is 0 Å². The summed E-state index contributed by atoms with van der Waals surface area (Å²) in [6.07, 6.45) is 37.7. The summed E-state index contributed by atoms with van der Waals surface area (Å²) in [4.78, 5) is 18.9. The summed E-state index contributed by atoms with van der Waals surface area (Å²) in [5.41, 5.74) is 13.0. The molecule has 0 aliphatic carbocycles. The Morgan fingerprint density at radius 2 is 0.877 bits per heavy atom. The minimum Gasteiger partial charge on any atom is -0.490 e. The molecule has 0 saturated heterocycles. The van der Waals surface area contributed by atoms with Crippen LogP contribution in [0.25, 0.3) is 78.8 Å². The molecule has 436 valence electrons. The molecular weight excluding hydrogens is 1090 g/mol. The molecule has 0 spiro atoms. The number of hydrogen-bond acceptors (Lipinski definition) is 11. The largest absolute Gasteiger partial charge is 0.490 e. The molecule has 81 heavy (non-hydrogen) atoms. The van der Waals surface area contributed by atoms with E-state index in [4.69, 9.17) is 28.2 Å². The number of rotatable bonds is 38. The molecule has 0 aliphatic rings. The van der Waals surface area contributed by atoms with Crippen molar-refractivity contribution in [1.29, 1.82) is 0 Å². The van der Waals surface area contributed by atoms with Gasteiger partial charge in [-0.25, -0.2) is 9.97 Å². The van der Waals surface area contributed by atoms with E-state index in [0.29, 0.717) is 6.61 Å². The van der Waals surface area contributed by atoms with E-state index >= 15 is 0 Å². The molecule has 9 aromatic rings. The molecule has 0 aliphatic heterocycles. The molecule has 7 nitrogen and oxygen atoms in total. The maximum Gasteiger partial charge on any atom is 0.164 e. The topological polar surface area (TPSA) is 75.0 Å². The van der Waals surface area contributed by atoms with Crippen molar-refractivity contribution in [3.05, 3.63) is 75.2 Å². The minimum absolute atomic E-state index is 0.701. The van der Waals surface area contributed by atoms with E-state index in [0.717, 1.165) is 112 Å². The molecule has 7 aromatic heterocycles. The van der Waals surface area contributed by atoms with E-state index in [1.807, 2.05) is 45.3 Å². The second-order valence-corrected chi connectivity index (χ2v) is 28.3. The van der Waals surface area contributed by atoms with Crippen LogP contribution < -0.4 is 9.47 Å². The van der Waals surface area contributed by atoms with Crippen LogP contribution in [0.4, 0.5) is 0 Å². The number of nitrogens with zero attached hydrogens (tertiary/aromatic N) is 5. The van der Waals surface area contributed by atoms with Crippen LogP contribution in [0, 0.1) is 20.8 Å². The maximum atomic E-state index is 6.84. The Morgan fingerprint density at radius 1 is 0.407 bits per heavy atom. The first-order chi connectivity index (χ1) is 39.8. The van der Waals surface area contributed by atoms with E-state index in [9.17, 15) is 0 Å². The number of hydrogen-bond donors (Lipinski definition) is 0. The van der Waals surface area contributed by atoms with Crippen molar-refractivity contribution < 1.29 is 9.47 Å². The number of aryl methyl sites for hydroxylation is 5. The molecule has 12 heteroatoms. The lowest BCUT2D eigenvalue weighted by Gasteiger charge is -2.18. The van der Waals surface area contributed by atoms with Crippen LogP contribution in [0.1, 0.15) is 234 Å². The molecule has 9 rings (SSSR count).